The van der Waals surface area contributed by atoms with Crippen LogP contribution in [0, 0.1) is 0 Å². The first-order valence-electron chi connectivity index (χ1n) is 10.8. The van der Waals surface area contributed by atoms with Crippen molar-refractivity contribution < 1.29 is 28.1 Å². The van der Waals surface area contributed by atoms with Gasteiger partial charge in [0.15, 0.2) is 0 Å². The van der Waals surface area contributed by atoms with E-state index >= 15 is 0 Å². The molecule has 0 bridgehead atoms. The number of rotatable bonds is 7. The lowest BCUT2D eigenvalue weighted by Crippen LogP contribution is -2.35. The number of hydrogen-bond donors (Lipinski definition) is 3. The van der Waals surface area contributed by atoms with Crippen LogP contribution in [-0.2, 0) is 10.0 Å². The summed E-state index contributed by atoms with van der Waals surface area (Å²) >= 11 is 0. The zero-order chi connectivity index (χ0) is 24.5. The molecule has 0 radical (unpaired) electrons. The fourth-order valence-electron chi connectivity index (χ4n) is 4.08. The molecule has 0 amide bonds. The Labute approximate surface area is 199 Å². The number of benzene rings is 3. The lowest BCUT2D eigenvalue weighted by atomic mass is 9.86. The number of sulfonamides is 1. The molecule has 3 N–H and O–H groups in total. The maximum Gasteiger partial charge on any atom is 0.209 e. The second-order valence-corrected chi connectivity index (χ2v) is 10.2. The van der Waals surface area contributed by atoms with Crippen LogP contribution in [-0.4, -0.2) is 37.5 Å². The van der Waals surface area contributed by atoms with Gasteiger partial charge in [0.1, 0.15) is 35.7 Å². The highest BCUT2D eigenvalue weighted by Gasteiger charge is 2.29. The molecule has 1 heterocycles. The second kappa shape index (κ2) is 9.40. The van der Waals surface area contributed by atoms with E-state index in [1.54, 1.807) is 43.3 Å². The molecule has 178 valence electrons. The third-order valence-electron chi connectivity index (χ3n) is 5.53. The molecule has 0 aliphatic carbocycles. The Balaban J connectivity index is 1.65. The van der Waals surface area contributed by atoms with E-state index in [0.717, 1.165) is 34.1 Å². The highest BCUT2D eigenvalue weighted by atomic mass is 32.2. The average Bonchev–Trinajstić information content (AvgIpc) is 2.77. The summed E-state index contributed by atoms with van der Waals surface area (Å²) in [5, 5.41) is 20.1. The van der Waals surface area contributed by atoms with Crippen LogP contribution < -0.4 is 14.2 Å². The summed E-state index contributed by atoms with van der Waals surface area (Å²) in [4.78, 5) is 0. The van der Waals surface area contributed by atoms with E-state index < -0.39 is 16.1 Å². The van der Waals surface area contributed by atoms with Gasteiger partial charge in [0.05, 0.1) is 12.3 Å². The largest absolute Gasteiger partial charge is 0.508 e. The summed E-state index contributed by atoms with van der Waals surface area (Å²) in [5.41, 5.74) is 4.31. The molecule has 1 aliphatic rings. The molecule has 1 aliphatic heterocycles. The first kappa shape index (κ1) is 23.7. The highest BCUT2D eigenvalue weighted by Crippen LogP contribution is 2.47. The number of allylic oxidation sites excluding steroid dienone is 1. The van der Waals surface area contributed by atoms with Gasteiger partial charge in [0.2, 0.25) is 10.0 Å². The Morgan fingerprint density at radius 2 is 1.74 bits per heavy atom. The molecule has 7 nitrogen and oxygen atoms in total. The molecule has 0 spiro atoms. The summed E-state index contributed by atoms with van der Waals surface area (Å²) in [7, 11) is -3.30. The Kier molecular flexibility index (Phi) is 6.54. The van der Waals surface area contributed by atoms with Crippen molar-refractivity contribution in [2.45, 2.75) is 26.0 Å². The summed E-state index contributed by atoms with van der Waals surface area (Å²) in [6.07, 6.45) is 0.667. The maximum atomic E-state index is 11.4. The summed E-state index contributed by atoms with van der Waals surface area (Å²) in [6, 6.07) is 19.1. The van der Waals surface area contributed by atoms with Crippen LogP contribution in [0.3, 0.4) is 0 Å². The van der Waals surface area contributed by atoms with Gasteiger partial charge in [-0.1, -0.05) is 24.3 Å². The monoisotopic (exact) mass is 481 g/mol. The van der Waals surface area contributed by atoms with Crippen LogP contribution in [0.2, 0.25) is 0 Å². The number of hydrogen-bond acceptors (Lipinski definition) is 6. The van der Waals surface area contributed by atoms with E-state index in [0.29, 0.717) is 11.5 Å². The van der Waals surface area contributed by atoms with Crippen molar-refractivity contribution in [1.82, 2.24) is 4.72 Å². The lowest BCUT2D eigenvalue weighted by molar-refractivity contribution is 0.259. The van der Waals surface area contributed by atoms with Crippen molar-refractivity contribution in [3.8, 4) is 23.0 Å². The third kappa shape index (κ3) is 5.35. The van der Waals surface area contributed by atoms with Gasteiger partial charge < -0.3 is 19.7 Å². The minimum absolute atomic E-state index is 0.150. The van der Waals surface area contributed by atoms with Crippen LogP contribution >= 0.6 is 0 Å². The molecule has 8 heteroatoms. The summed E-state index contributed by atoms with van der Waals surface area (Å²) < 4.78 is 37.3. The highest BCUT2D eigenvalue weighted by molar-refractivity contribution is 7.88. The molecule has 2 unspecified atom stereocenters. The van der Waals surface area contributed by atoms with Crippen molar-refractivity contribution in [3.05, 3.63) is 83.4 Å². The summed E-state index contributed by atoms with van der Waals surface area (Å²) in [6.45, 7) is 3.90. The van der Waals surface area contributed by atoms with Crippen molar-refractivity contribution in [1.29, 1.82) is 0 Å². The van der Waals surface area contributed by atoms with E-state index in [2.05, 4.69) is 4.72 Å². The van der Waals surface area contributed by atoms with Crippen LogP contribution in [0.5, 0.6) is 23.0 Å². The Morgan fingerprint density at radius 1 is 1.03 bits per heavy atom. The number of aromatic hydroxyl groups is 2. The molecule has 4 rings (SSSR count). The minimum atomic E-state index is -3.30. The van der Waals surface area contributed by atoms with E-state index in [4.69, 9.17) is 9.47 Å². The van der Waals surface area contributed by atoms with Crippen molar-refractivity contribution in [3.63, 3.8) is 0 Å². The molecule has 2 atom stereocenters. The normalized spacial score (nSPS) is 16.5. The van der Waals surface area contributed by atoms with Gasteiger partial charge >= 0.3 is 0 Å². The summed E-state index contributed by atoms with van der Waals surface area (Å²) in [5.74, 6) is 1.56. The molecular formula is C26H27NO6S. The van der Waals surface area contributed by atoms with Gasteiger partial charge in [0, 0.05) is 11.1 Å². The Morgan fingerprint density at radius 3 is 2.41 bits per heavy atom. The smallest absolute Gasteiger partial charge is 0.209 e. The standard InChI is InChI=1S/C26H27NO6S/c1-16(27-34(3,30)31)15-32-22-10-7-18(8-11-22)26-25(19-5-4-6-20(28)13-19)17(2)23-14-21(29)9-12-24(23)33-26/h4-14,16,26-29H,15H2,1-3H3. The number of ether oxygens (including phenoxy) is 2. The average molecular weight is 482 g/mol. The van der Waals surface area contributed by atoms with Crippen molar-refractivity contribution >= 4 is 21.2 Å². The van der Waals surface area contributed by atoms with Crippen LogP contribution in [0.1, 0.15) is 36.6 Å². The fourth-order valence-corrected chi connectivity index (χ4v) is 4.88. The molecule has 3 aromatic carbocycles. The van der Waals surface area contributed by atoms with Gasteiger partial charge in [0.25, 0.3) is 0 Å². The molecule has 0 saturated heterocycles. The zero-order valence-electron chi connectivity index (χ0n) is 19.1. The molecule has 0 saturated carbocycles. The van der Waals surface area contributed by atoms with E-state index in [1.165, 1.54) is 0 Å². The first-order chi connectivity index (χ1) is 16.1. The quantitative estimate of drug-likeness (QED) is 0.460. The maximum absolute atomic E-state index is 11.4. The molecule has 3 aromatic rings. The zero-order valence-corrected chi connectivity index (χ0v) is 20.0. The van der Waals surface area contributed by atoms with Gasteiger partial charge in [-0.15, -0.1) is 0 Å². The van der Waals surface area contributed by atoms with Gasteiger partial charge in [-0.25, -0.2) is 13.1 Å². The number of fused-ring (bicyclic) bond motifs is 1. The van der Waals surface area contributed by atoms with Crippen LogP contribution in [0.4, 0.5) is 0 Å². The molecule has 0 aromatic heterocycles. The number of phenols is 2. The van der Waals surface area contributed by atoms with Gasteiger partial charge in [-0.3, -0.25) is 0 Å². The lowest BCUT2D eigenvalue weighted by Gasteiger charge is -2.31. The molecule has 34 heavy (non-hydrogen) atoms. The van der Waals surface area contributed by atoms with E-state index in [-0.39, 0.29) is 24.1 Å². The molecular weight excluding hydrogens is 454 g/mol. The number of nitrogens with one attached hydrogen (secondary N) is 1. The first-order valence-corrected chi connectivity index (χ1v) is 12.7. The van der Waals surface area contributed by atoms with Crippen molar-refractivity contribution in [2.75, 3.05) is 12.9 Å². The van der Waals surface area contributed by atoms with Crippen LogP contribution in [0.15, 0.2) is 66.7 Å². The minimum Gasteiger partial charge on any atom is -0.508 e. The molecule has 0 fully saturated rings. The Hall–Kier alpha value is -3.49. The predicted octanol–water partition coefficient (Wildman–Crippen LogP) is 4.48. The predicted molar refractivity (Wildman–Crippen MR) is 131 cm³/mol. The van der Waals surface area contributed by atoms with Gasteiger partial charge in [-0.2, -0.15) is 0 Å². The second-order valence-electron chi connectivity index (χ2n) is 8.44. The topological polar surface area (TPSA) is 105 Å². The SMILES string of the molecule is CC1=C(c2cccc(O)c2)C(c2ccc(OCC(C)NS(C)(=O)=O)cc2)Oc2ccc(O)cc21. The van der Waals surface area contributed by atoms with E-state index in [9.17, 15) is 18.6 Å². The Bertz CT molecular complexity index is 1330. The van der Waals surface area contributed by atoms with E-state index in [1.807, 2.05) is 37.3 Å². The van der Waals surface area contributed by atoms with Crippen molar-refractivity contribution in [2.24, 2.45) is 0 Å². The third-order valence-corrected chi connectivity index (χ3v) is 6.36. The fraction of sp³-hybridized carbons (Fsp3) is 0.231. The number of phenolic OH excluding ortho intramolecular Hbond substituents is 2. The van der Waals surface area contributed by atoms with Crippen LogP contribution in [0.25, 0.3) is 11.1 Å². The van der Waals surface area contributed by atoms with Gasteiger partial charge in [-0.05, 0) is 73.0 Å².